The zero-order valence-corrected chi connectivity index (χ0v) is 20.8. The summed E-state index contributed by atoms with van der Waals surface area (Å²) in [6.07, 6.45) is 1.93. The number of rotatable bonds is 10. The lowest BCUT2D eigenvalue weighted by molar-refractivity contribution is 0.0985. The van der Waals surface area contributed by atoms with Crippen LogP contribution < -0.4 is 25.2 Å². The van der Waals surface area contributed by atoms with E-state index in [0.717, 1.165) is 24.2 Å². The quantitative estimate of drug-likeness (QED) is 0.286. The van der Waals surface area contributed by atoms with Gasteiger partial charge >= 0.3 is 0 Å². The zero-order valence-electron chi connectivity index (χ0n) is 20.8. The molecule has 4 aromatic rings. The van der Waals surface area contributed by atoms with Crippen molar-refractivity contribution in [1.82, 2.24) is 4.98 Å². The first kappa shape index (κ1) is 24.9. The predicted molar refractivity (Wildman–Crippen MR) is 144 cm³/mol. The Hall–Kier alpha value is -4.26. The molecular formula is C29H31N3O4. The summed E-state index contributed by atoms with van der Waals surface area (Å²) < 4.78 is 10.6. The van der Waals surface area contributed by atoms with Crippen molar-refractivity contribution in [3.63, 3.8) is 0 Å². The van der Waals surface area contributed by atoms with E-state index in [-0.39, 0.29) is 11.5 Å². The Morgan fingerprint density at radius 1 is 0.889 bits per heavy atom. The summed E-state index contributed by atoms with van der Waals surface area (Å²) in [6.45, 7) is 3.08. The lowest BCUT2D eigenvalue weighted by atomic mass is 10.1. The van der Waals surface area contributed by atoms with Gasteiger partial charge in [-0.15, -0.1) is 0 Å². The van der Waals surface area contributed by atoms with Crippen LogP contribution >= 0.6 is 0 Å². The summed E-state index contributed by atoms with van der Waals surface area (Å²) >= 11 is 0. The molecule has 0 spiro atoms. The maximum absolute atomic E-state index is 14.0. The minimum atomic E-state index is -0.199. The highest BCUT2D eigenvalue weighted by atomic mass is 16.5. The second-order valence-electron chi connectivity index (χ2n) is 8.47. The van der Waals surface area contributed by atoms with Crippen molar-refractivity contribution in [3.05, 3.63) is 94.3 Å². The Bertz CT molecular complexity index is 1380. The molecule has 0 saturated carbocycles. The number of carbonyl (C=O) groups is 1. The second kappa shape index (κ2) is 11.4. The molecule has 1 aromatic heterocycles. The summed E-state index contributed by atoms with van der Waals surface area (Å²) in [5, 5.41) is 4.59. The summed E-state index contributed by atoms with van der Waals surface area (Å²) in [6, 6.07) is 22.0. The summed E-state index contributed by atoms with van der Waals surface area (Å²) in [5.41, 5.74) is 1.87. The van der Waals surface area contributed by atoms with Crippen molar-refractivity contribution in [3.8, 4) is 11.5 Å². The van der Waals surface area contributed by atoms with Crippen LogP contribution in [-0.4, -0.2) is 31.7 Å². The highest BCUT2D eigenvalue weighted by Crippen LogP contribution is 2.34. The lowest BCUT2D eigenvalue weighted by Gasteiger charge is -2.27. The highest BCUT2D eigenvalue weighted by molar-refractivity contribution is 6.13. The van der Waals surface area contributed by atoms with E-state index < -0.39 is 0 Å². The van der Waals surface area contributed by atoms with Gasteiger partial charge in [0.15, 0.2) is 0 Å². The number of carbonyl (C=O) groups excluding carboxylic acids is 1. The molecule has 0 unspecified atom stereocenters. The van der Waals surface area contributed by atoms with E-state index in [1.165, 1.54) is 0 Å². The van der Waals surface area contributed by atoms with E-state index in [9.17, 15) is 9.59 Å². The molecule has 4 rings (SSSR count). The minimum Gasteiger partial charge on any atom is -0.497 e. The van der Waals surface area contributed by atoms with Crippen LogP contribution in [-0.2, 0) is 6.54 Å². The molecule has 0 aliphatic carbocycles. The van der Waals surface area contributed by atoms with Gasteiger partial charge in [-0.3, -0.25) is 14.5 Å². The third-order valence-electron chi connectivity index (χ3n) is 6.09. The molecule has 7 heteroatoms. The van der Waals surface area contributed by atoms with E-state index in [1.807, 2.05) is 42.5 Å². The topological polar surface area (TPSA) is 83.7 Å². The van der Waals surface area contributed by atoms with Gasteiger partial charge in [0.1, 0.15) is 17.3 Å². The molecule has 186 valence electrons. The number of nitrogens with one attached hydrogen (secondary N) is 2. The standard InChI is InChI=1S/C29H31N3O4/c1-4-5-18-30-27-26(24-8-6-7-9-25(24)28(33)31-27)32(19-20-10-14-22(35-2)15-11-20)29(34)21-12-16-23(36-3)17-13-21/h6-17H,4-5,18-19H2,1-3H3,(H2,30,31,33). The first-order valence-corrected chi connectivity index (χ1v) is 12.0. The number of H-pyrrole nitrogens is 1. The van der Waals surface area contributed by atoms with Crippen LogP contribution in [0.25, 0.3) is 10.8 Å². The molecule has 0 atom stereocenters. The van der Waals surface area contributed by atoms with Crippen LogP contribution in [0.3, 0.4) is 0 Å². The molecule has 7 nitrogen and oxygen atoms in total. The smallest absolute Gasteiger partial charge is 0.258 e. The van der Waals surface area contributed by atoms with Crippen LogP contribution in [0, 0.1) is 0 Å². The Balaban J connectivity index is 1.88. The van der Waals surface area contributed by atoms with E-state index in [0.29, 0.717) is 46.7 Å². The number of unbranched alkanes of at least 4 members (excludes halogenated alkanes) is 1. The average Bonchev–Trinajstić information content (AvgIpc) is 2.92. The number of benzene rings is 3. The van der Waals surface area contributed by atoms with Crippen molar-refractivity contribution in [2.75, 3.05) is 31.0 Å². The monoisotopic (exact) mass is 485 g/mol. The molecule has 0 aliphatic rings. The van der Waals surface area contributed by atoms with Crippen LogP contribution in [0.5, 0.6) is 11.5 Å². The number of aromatic nitrogens is 1. The Morgan fingerprint density at radius 2 is 1.50 bits per heavy atom. The van der Waals surface area contributed by atoms with Gasteiger partial charge < -0.3 is 19.8 Å². The van der Waals surface area contributed by atoms with Gasteiger partial charge in [0, 0.05) is 22.9 Å². The molecule has 1 heterocycles. The number of amides is 1. The van der Waals surface area contributed by atoms with Crippen LogP contribution in [0.4, 0.5) is 11.5 Å². The minimum absolute atomic E-state index is 0.191. The zero-order chi connectivity index (χ0) is 25.5. The Kier molecular flexibility index (Phi) is 7.90. The number of anilines is 2. The molecule has 0 fully saturated rings. The molecule has 3 aromatic carbocycles. The van der Waals surface area contributed by atoms with Gasteiger partial charge in [-0.1, -0.05) is 43.7 Å². The van der Waals surface area contributed by atoms with Gasteiger partial charge in [-0.2, -0.15) is 0 Å². The number of aromatic amines is 1. The van der Waals surface area contributed by atoms with Gasteiger partial charge in [-0.05, 0) is 54.4 Å². The van der Waals surface area contributed by atoms with Gasteiger partial charge in [-0.25, -0.2) is 0 Å². The summed E-state index contributed by atoms with van der Waals surface area (Å²) in [4.78, 5) is 31.6. The van der Waals surface area contributed by atoms with E-state index in [1.54, 1.807) is 49.5 Å². The number of fused-ring (bicyclic) bond motifs is 1. The van der Waals surface area contributed by atoms with E-state index >= 15 is 0 Å². The maximum Gasteiger partial charge on any atom is 0.258 e. The fourth-order valence-electron chi connectivity index (χ4n) is 4.12. The molecule has 0 bridgehead atoms. The number of pyridine rings is 1. The molecule has 1 amide bonds. The molecule has 2 N–H and O–H groups in total. The molecular weight excluding hydrogens is 454 g/mol. The van der Waals surface area contributed by atoms with Crippen molar-refractivity contribution in [2.45, 2.75) is 26.3 Å². The Labute approximate surface area is 210 Å². The number of ether oxygens (including phenoxy) is 2. The number of nitrogens with zero attached hydrogens (tertiary/aromatic N) is 1. The van der Waals surface area contributed by atoms with Gasteiger partial charge in [0.05, 0.1) is 26.5 Å². The van der Waals surface area contributed by atoms with E-state index in [2.05, 4.69) is 17.2 Å². The third-order valence-corrected chi connectivity index (χ3v) is 6.09. The van der Waals surface area contributed by atoms with Crippen LogP contribution in [0.15, 0.2) is 77.6 Å². The number of hydrogen-bond acceptors (Lipinski definition) is 5. The second-order valence-corrected chi connectivity index (χ2v) is 8.47. The third kappa shape index (κ3) is 5.35. The van der Waals surface area contributed by atoms with Gasteiger partial charge in [0.25, 0.3) is 11.5 Å². The summed E-state index contributed by atoms with van der Waals surface area (Å²) in [5.74, 6) is 1.75. The first-order valence-electron chi connectivity index (χ1n) is 12.0. The highest BCUT2D eigenvalue weighted by Gasteiger charge is 2.25. The average molecular weight is 486 g/mol. The molecule has 0 saturated heterocycles. The fourth-order valence-corrected chi connectivity index (χ4v) is 4.12. The molecule has 0 aliphatic heterocycles. The number of hydrogen-bond donors (Lipinski definition) is 2. The van der Waals surface area contributed by atoms with Crippen molar-refractivity contribution >= 4 is 28.2 Å². The van der Waals surface area contributed by atoms with E-state index in [4.69, 9.17) is 9.47 Å². The largest absolute Gasteiger partial charge is 0.497 e. The lowest BCUT2D eigenvalue weighted by Crippen LogP contribution is -2.32. The van der Waals surface area contributed by atoms with Crippen molar-refractivity contribution in [1.29, 1.82) is 0 Å². The number of methoxy groups -OCH3 is 2. The van der Waals surface area contributed by atoms with Crippen molar-refractivity contribution in [2.24, 2.45) is 0 Å². The van der Waals surface area contributed by atoms with Crippen LogP contribution in [0.2, 0.25) is 0 Å². The van der Waals surface area contributed by atoms with Gasteiger partial charge in [0.2, 0.25) is 0 Å². The molecule has 0 radical (unpaired) electrons. The predicted octanol–water partition coefficient (Wildman–Crippen LogP) is 5.60. The summed E-state index contributed by atoms with van der Waals surface area (Å²) in [7, 11) is 3.21. The Morgan fingerprint density at radius 3 is 2.11 bits per heavy atom. The SMILES string of the molecule is CCCCNc1[nH]c(=O)c2ccccc2c1N(Cc1ccc(OC)cc1)C(=O)c1ccc(OC)cc1. The maximum atomic E-state index is 14.0. The fraction of sp³-hybridized carbons (Fsp3) is 0.241. The normalized spacial score (nSPS) is 10.8. The first-order chi connectivity index (χ1) is 17.5. The van der Waals surface area contributed by atoms with Crippen LogP contribution in [0.1, 0.15) is 35.7 Å². The molecule has 36 heavy (non-hydrogen) atoms. The van der Waals surface area contributed by atoms with Crippen molar-refractivity contribution < 1.29 is 14.3 Å².